The maximum Gasteiger partial charge on any atom is 0.263 e. The predicted octanol–water partition coefficient (Wildman–Crippen LogP) is 3.48. The Kier molecular flexibility index (Phi) is 5.19. The van der Waals surface area contributed by atoms with E-state index in [9.17, 15) is 18.0 Å². The van der Waals surface area contributed by atoms with E-state index in [1.54, 1.807) is 17.5 Å². The molecule has 0 unspecified atom stereocenters. The number of thiazole rings is 1. The van der Waals surface area contributed by atoms with Crippen molar-refractivity contribution in [3.63, 3.8) is 0 Å². The standard InChI is InChI=1S/C18H11IN4O4S2/c19-13-15(16(24)12-2-1-7-20-14(12)17(13)25)22-10-3-5-11(6-4-10)29(26,27)23-18-21-8-9-28-18/h1-9,22H,(H,21,23). The number of benzene rings is 1. The fraction of sp³-hybridized carbons (Fsp3) is 0. The summed E-state index contributed by atoms with van der Waals surface area (Å²) in [5.41, 5.74) is 0.956. The molecule has 0 saturated carbocycles. The van der Waals surface area contributed by atoms with E-state index in [-0.39, 0.29) is 42.1 Å². The molecule has 2 N–H and O–H groups in total. The van der Waals surface area contributed by atoms with Gasteiger partial charge in [0.05, 0.1) is 14.0 Å². The number of carbonyl (C=O) groups is 2. The van der Waals surface area contributed by atoms with Crippen molar-refractivity contribution in [3.8, 4) is 0 Å². The Morgan fingerprint density at radius 2 is 1.72 bits per heavy atom. The largest absolute Gasteiger partial charge is 0.351 e. The maximum absolute atomic E-state index is 12.8. The van der Waals surface area contributed by atoms with Crippen molar-refractivity contribution in [2.45, 2.75) is 4.90 Å². The molecule has 0 radical (unpaired) electrons. The molecular weight excluding hydrogens is 527 g/mol. The molecule has 0 saturated heterocycles. The predicted molar refractivity (Wildman–Crippen MR) is 117 cm³/mol. The van der Waals surface area contributed by atoms with Crippen LogP contribution in [0.5, 0.6) is 0 Å². The number of hydrogen-bond donors (Lipinski definition) is 2. The van der Waals surface area contributed by atoms with Crippen LogP contribution < -0.4 is 10.0 Å². The van der Waals surface area contributed by atoms with Crippen LogP contribution in [0.1, 0.15) is 20.8 Å². The molecule has 0 aliphatic heterocycles. The zero-order valence-electron chi connectivity index (χ0n) is 14.4. The molecule has 0 spiro atoms. The molecule has 3 aromatic rings. The van der Waals surface area contributed by atoms with Crippen LogP contribution in [0.15, 0.2) is 68.3 Å². The first-order chi connectivity index (χ1) is 13.9. The molecule has 1 aliphatic rings. The van der Waals surface area contributed by atoms with E-state index < -0.39 is 10.0 Å². The highest BCUT2D eigenvalue weighted by atomic mass is 127. The summed E-state index contributed by atoms with van der Waals surface area (Å²) in [6.45, 7) is 0. The van der Waals surface area contributed by atoms with Gasteiger partial charge in [0.2, 0.25) is 11.6 Å². The number of ketones is 2. The molecule has 1 aliphatic carbocycles. The van der Waals surface area contributed by atoms with E-state index in [0.29, 0.717) is 5.69 Å². The highest BCUT2D eigenvalue weighted by Crippen LogP contribution is 2.30. The highest BCUT2D eigenvalue weighted by molar-refractivity contribution is 14.1. The molecule has 8 nitrogen and oxygen atoms in total. The molecule has 2 aromatic heterocycles. The van der Waals surface area contributed by atoms with Gasteiger partial charge in [-0.15, -0.1) is 11.3 Å². The van der Waals surface area contributed by atoms with E-state index in [1.165, 1.54) is 48.0 Å². The van der Waals surface area contributed by atoms with Gasteiger partial charge in [-0.2, -0.15) is 0 Å². The Morgan fingerprint density at radius 3 is 2.41 bits per heavy atom. The van der Waals surface area contributed by atoms with Gasteiger partial charge in [-0.25, -0.2) is 13.4 Å². The molecule has 29 heavy (non-hydrogen) atoms. The molecule has 0 fully saturated rings. The third-order valence-corrected chi connectivity index (χ3v) is 7.20. The molecule has 1 aromatic carbocycles. The van der Waals surface area contributed by atoms with Crippen molar-refractivity contribution >= 4 is 66.3 Å². The van der Waals surface area contributed by atoms with Crippen LogP contribution in [0.4, 0.5) is 10.8 Å². The number of rotatable bonds is 5. The summed E-state index contributed by atoms with van der Waals surface area (Å²) in [6.07, 6.45) is 2.96. The van der Waals surface area contributed by atoms with Gasteiger partial charge >= 0.3 is 0 Å². The summed E-state index contributed by atoms with van der Waals surface area (Å²) in [7, 11) is -3.78. The molecule has 0 atom stereocenters. The lowest BCUT2D eigenvalue weighted by atomic mass is 9.97. The second-order valence-electron chi connectivity index (χ2n) is 5.84. The van der Waals surface area contributed by atoms with Crippen LogP contribution in [0.2, 0.25) is 0 Å². The van der Waals surface area contributed by atoms with E-state index in [4.69, 9.17) is 0 Å². The topological polar surface area (TPSA) is 118 Å². The van der Waals surface area contributed by atoms with Gasteiger partial charge in [0.15, 0.2) is 5.13 Å². The maximum atomic E-state index is 12.8. The van der Waals surface area contributed by atoms with Crippen LogP contribution in [0, 0.1) is 0 Å². The molecule has 0 amide bonds. The Hall–Kier alpha value is -2.64. The number of nitrogens with zero attached hydrogens (tertiary/aromatic N) is 2. The monoisotopic (exact) mass is 538 g/mol. The van der Waals surface area contributed by atoms with Gasteiger partial charge in [0.25, 0.3) is 10.0 Å². The number of hydrogen-bond acceptors (Lipinski definition) is 8. The van der Waals surface area contributed by atoms with Gasteiger partial charge in [0.1, 0.15) is 11.4 Å². The van der Waals surface area contributed by atoms with Crippen LogP contribution in [-0.4, -0.2) is 30.0 Å². The van der Waals surface area contributed by atoms with E-state index >= 15 is 0 Å². The number of allylic oxidation sites excluding steroid dienone is 2. The SMILES string of the molecule is O=C1C(Nc2ccc(S(=O)(=O)Nc3nccs3)cc2)=C(I)C(=O)c2ncccc21. The molecule has 146 valence electrons. The number of sulfonamides is 1. The smallest absolute Gasteiger partial charge is 0.263 e. The number of halogens is 1. The molecular formula is C18H11IN4O4S2. The fourth-order valence-corrected chi connectivity index (χ4v) is 5.07. The number of Topliss-reactive ketones (excluding diaryl/α,β-unsaturated/α-hetero) is 2. The summed E-state index contributed by atoms with van der Waals surface area (Å²) >= 11 is 2.98. The molecule has 2 heterocycles. The number of nitrogens with one attached hydrogen (secondary N) is 2. The minimum atomic E-state index is -3.78. The van der Waals surface area contributed by atoms with Gasteiger partial charge < -0.3 is 5.32 Å². The quantitative estimate of drug-likeness (QED) is 0.478. The second kappa shape index (κ2) is 7.65. The van der Waals surface area contributed by atoms with Crippen molar-refractivity contribution in [1.82, 2.24) is 9.97 Å². The third-order valence-electron chi connectivity index (χ3n) is 4.00. The normalized spacial score (nSPS) is 14.0. The lowest BCUT2D eigenvalue weighted by Crippen LogP contribution is -2.25. The lowest BCUT2D eigenvalue weighted by molar-refractivity contribution is 0.0980. The summed E-state index contributed by atoms with van der Waals surface area (Å²) in [5, 5.41) is 4.86. The highest BCUT2D eigenvalue weighted by Gasteiger charge is 2.32. The first kappa shape index (κ1) is 19.7. The summed E-state index contributed by atoms with van der Waals surface area (Å²) in [4.78, 5) is 33.2. The van der Waals surface area contributed by atoms with Crippen LogP contribution in [0.25, 0.3) is 0 Å². The van der Waals surface area contributed by atoms with Gasteiger partial charge in [-0.3, -0.25) is 19.3 Å². The third kappa shape index (κ3) is 3.80. The Morgan fingerprint density at radius 1 is 0.966 bits per heavy atom. The minimum Gasteiger partial charge on any atom is -0.351 e. The number of anilines is 2. The zero-order chi connectivity index (χ0) is 20.6. The molecule has 0 bridgehead atoms. The van der Waals surface area contributed by atoms with Crippen LogP contribution >= 0.6 is 33.9 Å². The van der Waals surface area contributed by atoms with Crippen molar-refractivity contribution < 1.29 is 18.0 Å². The van der Waals surface area contributed by atoms with E-state index in [0.717, 1.165) is 0 Å². The lowest BCUT2D eigenvalue weighted by Gasteiger charge is -2.18. The fourth-order valence-electron chi connectivity index (χ4n) is 2.64. The minimum absolute atomic E-state index is 0.0440. The first-order valence-electron chi connectivity index (χ1n) is 8.10. The summed E-state index contributed by atoms with van der Waals surface area (Å²) in [5.74, 6) is -0.686. The summed E-state index contributed by atoms with van der Waals surface area (Å²) < 4.78 is 27.4. The Bertz CT molecular complexity index is 1250. The van der Waals surface area contributed by atoms with Crippen molar-refractivity contribution in [1.29, 1.82) is 0 Å². The van der Waals surface area contributed by atoms with Gasteiger partial charge in [-0.05, 0) is 59.0 Å². The number of pyridine rings is 1. The van der Waals surface area contributed by atoms with Gasteiger partial charge in [0, 0.05) is 23.5 Å². The molecule has 4 rings (SSSR count). The van der Waals surface area contributed by atoms with E-state index in [2.05, 4.69) is 20.0 Å². The summed E-state index contributed by atoms with van der Waals surface area (Å²) in [6, 6.07) is 8.97. The number of aromatic nitrogens is 2. The average molecular weight is 538 g/mol. The zero-order valence-corrected chi connectivity index (χ0v) is 18.2. The Balaban J connectivity index is 1.59. The number of carbonyl (C=O) groups excluding carboxylic acids is 2. The van der Waals surface area contributed by atoms with Crippen molar-refractivity contribution in [2.24, 2.45) is 0 Å². The number of fused-ring (bicyclic) bond motifs is 1. The van der Waals surface area contributed by atoms with Gasteiger partial charge in [-0.1, -0.05) is 0 Å². The van der Waals surface area contributed by atoms with Crippen molar-refractivity contribution in [3.05, 3.63) is 74.7 Å². The Labute approximate surface area is 183 Å². The molecule has 11 heteroatoms. The average Bonchev–Trinajstić information content (AvgIpc) is 3.22. The van der Waals surface area contributed by atoms with Crippen molar-refractivity contribution in [2.75, 3.05) is 10.0 Å². The second-order valence-corrected chi connectivity index (χ2v) is 9.49. The van der Waals surface area contributed by atoms with E-state index in [1.807, 2.05) is 22.6 Å². The first-order valence-corrected chi connectivity index (χ1v) is 11.5. The van der Waals surface area contributed by atoms with Crippen LogP contribution in [0.3, 0.4) is 0 Å². The van der Waals surface area contributed by atoms with Crippen LogP contribution in [-0.2, 0) is 10.0 Å².